The van der Waals surface area contributed by atoms with Gasteiger partial charge in [0.15, 0.2) is 9.84 Å². The molecule has 2 N–H and O–H groups in total. The van der Waals surface area contributed by atoms with Crippen molar-refractivity contribution in [1.82, 2.24) is 5.32 Å². The largest absolute Gasteiger partial charge is 0.481 e. The number of carbonyl (C=O) groups excluding carboxylic acids is 1. The first-order chi connectivity index (χ1) is 10.6. The van der Waals surface area contributed by atoms with Gasteiger partial charge in [-0.1, -0.05) is 26.0 Å². The van der Waals surface area contributed by atoms with Gasteiger partial charge in [-0.25, -0.2) is 12.8 Å². The first-order valence-corrected chi connectivity index (χ1v) is 8.88. The lowest BCUT2D eigenvalue weighted by molar-refractivity contribution is -0.137. The van der Waals surface area contributed by atoms with Gasteiger partial charge in [0, 0.05) is 0 Å². The highest BCUT2D eigenvalue weighted by Crippen LogP contribution is 2.17. The molecule has 0 aliphatic heterocycles. The number of rotatable bonds is 8. The molecular formula is C15H20FNO5S. The number of hydrogen-bond donors (Lipinski definition) is 2. The van der Waals surface area contributed by atoms with Gasteiger partial charge in [0.1, 0.15) is 11.6 Å². The monoisotopic (exact) mass is 345 g/mol. The maximum Gasteiger partial charge on any atom is 0.305 e. The number of nitrogens with one attached hydrogen (secondary N) is 1. The zero-order valence-electron chi connectivity index (χ0n) is 13.0. The second-order valence-electron chi connectivity index (χ2n) is 5.72. The van der Waals surface area contributed by atoms with Crippen LogP contribution in [0.3, 0.4) is 0 Å². The van der Waals surface area contributed by atoms with E-state index in [4.69, 9.17) is 5.11 Å². The van der Waals surface area contributed by atoms with Crippen molar-refractivity contribution in [1.29, 1.82) is 0 Å². The molecule has 6 nitrogen and oxygen atoms in total. The zero-order chi connectivity index (χ0) is 17.6. The van der Waals surface area contributed by atoms with Gasteiger partial charge < -0.3 is 10.4 Å². The average molecular weight is 345 g/mol. The van der Waals surface area contributed by atoms with Crippen LogP contribution in [-0.2, 0) is 19.4 Å². The zero-order valence-corrected chi connectivity index (χ0v) is 13.8. The summed E-state index contributed by atoms with van der Waals surface area (Å²) in [6, 6.07) is 4.07. The second-order valence-corrected chi connectivity index (χ2v) is 7.83. The Labute approximate surface area is 134 Å². The predicted octanol–water partition coefficient (Wildman–Crippen LogP) is 1.53. The maximum atomic E-state index is 12.9. The summed E-state index contributed by atoms with van der Waals surface area (Å²) in [5, 5.41) is 11.3. The fourth-order valence-electron chi connectivity index (χ4n) is 2.12. The summed E-state index contributed by atoms with van der Waals surface area (Å²) in [5.74, 6) is -3.37. The molecule has 23 heavy (non-hydrogen) atoms. The molecule has 1 atom stereocenters. The second kappa shape index (κ2) is 8.05. The molecule has 8 heteroatoms. The number of sulfone groups is 1. The van der Waals surface area contributed by atoms with Crippen molar-refractivity contribution in [2.75, 3.05) is 11.5 Å². The van der Waals surface area contributed by atoms with Crippen LogP contribution in [0.15, 0.2) is 24.3 Å². The lowest BCUT2D eigenvalue weighted by atomic mass is 10.0. The minimum Gasteiger partial charge on any atom is -0.481 e. The highest BCUT2D eigenvalue weighted by Gasteiger charge is 2.23. The average Bonchev–Trinajstić information content (AvgIpc) is 2.35. The Morgan fingerprint density at radius 3 is 2.26 bits per heavy atom. The fourth-order valence-corrected chi connectivity index (χ4v) is 3.74. The van der Waals surface area contributed by atoms with Crippen molar-refractivity contribution in [3.8, 4) is 0 Å². The van der Waals surface area contributed by atoms with Gasteiger partial charge in [0.25, 0.3) is 0 Å². The van der Waals surface area contributed by atoms with E-state index >= 15 is 0 Å². The van der Waals surface area contributed by atoms with E-state index in [1.54, 1.807) is 13.8 Å². The third kappa shape index (κ3) is 7.23. The van der Waals surface area contributed by atoms with Crippen LogP contribution in [-0.4, -0.2) is 36.9 Å². The van der Waals surface area contributed by atoms with Gasteiger partial charge >= 0.3 is 5.97 Å². The van der Waals surface area contributed by atoms with E-state index in [1.807, 2.05) is 0 Å². The summed E-state index contributed by atoms with van der Waals surface area (Å²) in [6.07, 6.45) is -0.429. The lowest BCUT2D eigenvalue weighted by Crippen LogP contribution is -2.35. The lowest BCUT2D eigenvalue weighted by Gasteiger charge is -2.17. The number of benzene rings is 1. The van der Waals surface area contributed by atoms with Gasteiger partial charge in [0.05, 0.1) is 18.2 Å². The summed E-state index contributed by atoms with van der Waals surface area (Å²) >= 11 is 0. The van der Waals surface area contributed by atoms with Crippen molar-refractivity contribution in [3.63, 3.8) is 0 Å². The van der Waals surface area contributed by atoms with Gasteiger partial charge in [0.2, 0.25) is 5.91 Å². The molecule has 0 bridgehead atoms. The summed E-state index contributed by atoms with van der Waals surface area (Å²) < 4.78 is 36.6. The van der Waals surface area contributed by atoms with Crippen LogP contribution in [0.5, 0.6) is 0 Å². The number of halogens is 1. The number of hydrogen-bond acceptors (Lipinski definition) is 4. The van der Waals surface area contributed by atoms with Crippen molar-refractivity contribution in [2.24, 2.45) is 5.92 Å². The van der Waals surface area contributed by atoms with Crippen LogP contribution in [0, 0.1) is 11.7 Å². The van der Waals surface area contributed by atoms with E-state index < -0.39 is 45.7 Å². The van der Waals surface area contributed by atoms with Gasteiger partial charge in [-0.2, -0.15) is 0 Å². The molecule has 1 rings (SSSR count). The molecule has 0 saturated carbocycles. The highest BCUT2D eigenvalue weighted by molar-refractivity contribution is 7.92. The maximum absolute atomic E-state index is 12.9. The smallest absolute Gasteiger partial charge is 0.305 e. The molecule has 0 fully saturated rings. The van der Waals surface area contributed by atoms with Crippen LogP contribution in [0.1, 0.15) is 31.9 Å². The van der Waals surface area contributed by atoms with E-state index in [2.05, 4.69) is 5.32 Å². The Hall–Kier alpha value is -1.96. The predicted molar refractivity (Wildman–Crippen MR) is 83.0 cm³/mol. The quantitative estimate of drug-likeness (QED) is 0.744. The summed E-state index contributed by atoms with van der Waals surface area (Å²) in [4.78, 5) is 22.8. The number of carboxylic acids is 1. The van der Waals surface area contributed by atoms with E-state index in [1.165, 1.54) is 12.1 Å². The molecule has 0 spiro atoms. The molecular weight excluding hydrogens is 325 g/mol. The van der Waals surface area contributed by atoms with Crippen molar-refractivity contribution in [2.45, 2.75) is 26.3 Å². The molecule has 0 aromatic heterocycles. The van der Waals surface area contributed by atoms with Crippen molar-refractivity contribution < 1.29 is 27.5 Å². The van der Waals surface area contributed by atoms with Crippen LogP contribution < -0.4 is 5.32 Å². The molecule has 128 valence electrons. The molecule has 1 aromatic carbocycles. The summed E-state index contributed by atoms with van der Waals surface area (Å²) in [5.41, 5.74) is 0.392. The normalized spacial score (nSPS) is 12.9. The molecule has 1 aromatic rings. The highest BCUT2D eigenvalue weighted by atomic mass is 32.2. The van der Waals surface area contributed by atoms with Gasteiger partial charge in [-0.05, 0) is 23.6 Å². The number of carboxylic acid groups (broad SMARTS) is 1. The number of carbonyl (C=O) groups is 2. The molecule has 0 aliphatic rings. The minimum atomic E-state index is -3.56. The Balaban J connectivity index is 2.83. The van der Waals surface area contributed by atoms with Gasteiger partial charge in [-0.3, -0.25) is 9.59 Å². The standard InChI is InChI=1S/C15H20FNO5S/c1-10(2)8-23(21,22)9-14(18)17-13(7-15(19)20)11-3-5-12(16)6-4-11/h3-6,10,13H,7-9H2,1-2H3,(H,17,18)(H,19,20). The minimum absolute atomic E-state index is 0.111. The summed E-state index contributed by atoms with van der Waals surface area (Å²) in [7, 11) is -3.56. The van der Waals surface area contributed by atoms with Crippen molar-refractivity contribution >= 4 is 21.7 Å². The topological polar surface area (TPSA) is 101 Å². The summed E-state index contributed by atoms with van der Waals surface area (Å²) in [6.45, 7) is 3.45. The number of aliphatic carboxylic acids is 1. The molecule has 1 unspecified atom stereocenters. The van der Waals surface area contributed by atoms with Gasteiger partial charge in [-0.15, -0.1) is 0 Å². The first-order valence-electron chi connectivity index (χ1n) is 7.06. The molecule has 0 saturated heterocycles. The Morgan fingerprint density at radius 1 is 1.22 bits per heavy atom. The van der Waals surface area contributed by atoms with Crippen LogP contribution >= 0.6 is 0 Å². The molecule has 0 aliphatic carbocycles. The molecule has 0 heterocycles. The molecule has 1 amide bonds. The third-order valence-corrected chi connectivity index (χ3v) is 4.80. The number of amides is 1. The third-order valence-electron chi connectivity index (χ3n) is 2.92. The van der Waals surface area contributed by atoms with Crippen LogP contribution in [0.2, 0.25) is 0 Å². The Bertz CT molecular complexity index is 655. The van der Waals surface area contributed by atoms with Crippen LogP contribution in [0.25, 0.3) is 0 Å². The van der Waals surface area contributed by atoms with E-state index in [0.29, 0.717) is 5.56 Å². The van der Waals surface area contributed by atoms with E-state index in [0.717, 1.165) is 12.1 Å². The fraction of sp³-hybridized carbons (Fsp3) is 0.467. The Morgan fingerprint density at radius 2 is 1.78 bits per heavy atom. The van der Waals surface area contributed by atoms with Crippen LogP contribution in [0.4, 0.5) is 4.39 Å². The SMILES string of the molecule is CC(C)CS(=O)(=O)CC(=O)NC(CC(=O)O)c1ccc(F)cc1. The first kappa shape index (κ1) is 19.1. The molecule has 0 radical (unpaired) electrons. The Kier molecular flexibility index (Phi) is 6.68. The van der Waals surface area contributed by atoms with Crippen molar-refractivity contribution in [3.05, 3.63) is 35.6 Å². The van der Waals surface area contributed by atoms with E-state index in [-0.39, 0.29) is 11.7 Å². The van der Waals surface area contributed by atoms with E-state index in [9.17, 15) is 22.4 Å².